The Kier molecular flexibility index (Phi) is 8.45. The summed E-state index contributed by atoms with van der Waals surface area (Å²) < 4.78 is 20.2. The van der Waals surface area contributed by atoms with Crippen LogP contribution in [0.25, 0.3) is 0 Å². The molecule has 1 N–H and O–H groups in total. The molecule has 0 aliphatic carbocycles. The quantitative estimate of drug-likeness (QED) is 0.518. The van der Waals surface area contributed by atoms with Crippen molar-refractivity contribution < 1.29 is 38.1 Å². The zero-order valence-corrected chi connectivity index (χ0v) is 19.0. The summed E-state index contributed by atoms with van der Waals surface area (Å²) in [5, 5.41) is 2.49. The van der Waals surface area contributed by atoms with Crippen molar-refractivity contribution in [3.05, 3.63) is 35.9 Å². The molecular weight excluding hydrogens is 420 g/mol. The third-order valence-electron chi connectivity index (χ3n) is 4.85. The summed E-state index contributed by atoms with van der Waals surface area (Å²) in [4.78, 5) is 50.9. The summed E-state index contributed by atoms with van der Waals surface area (Å²) in [6.45, 7) is 5.06. The van der Waals surface area contributed by atoms with Crippen LogP contribution in [0.2, 0.25) is 0 Å². The number of nitrogens with zero attached hydrogens (tertiary/aromatic N) is 1. The number of hydrogen-bond acceptors (Lipinski definition) is 8. The second kappa shape index (κ2) is 10.8. The molecule has 1 aliphatic heterocycles. The lowest BCUT2D eigenvalue weighted by atomic mass is 9.96. The number of hydrogen-bond donors (Lipinski definition) is 1. The number of likely N-dealkylation sites (tertiary alicyclic amines) is 1. The molecule has 2 rings (SSSR count). The summed E-state index contributed by atoms with van der Waals surface area (Å²) >= 11 is 0. The fourth-order valence-electron chi connectivity index (χ4n) is 3.40. The summed E-state index contributed by atoms with van der Waals surface area (Å²) in [5.41, 5.74) is 0.00710. The minimum atomic E-state index is -1.13. The van der Waals surface area contributed by atoms with Gasteiger partial charge in [-0.15, -0.1) is 0 Å². The molecule has 1 saturated heterocycles. The molecule has 0 bridgehead atoms. The van der Waals surface area contributed by atoms with Crippen molar-refractivity contribution >= 4 is 24.1 Å². The maximum atomic E-state index is 12.7. The largest absolute Gasteiger partial charge is 0.467 e. The van der Waals surface area contributed by atoms with Crippen molar-refractivity contribution in [3.63, 3.8) is 0 Å². The third-order valence-corrected chi connectivity index (χ3v) is 4.85. The van der Waals surface area contributed by atoms with E-state index in [1.807, 2.05) is 18.2 Å². The van der Waals surface area contributed by atoms with E-state index in [0.29, 0.717) is 0 Å². The number of ether oxygens (including phenoxy) is 4. The monoisotopic (exact) mass is 450 g/mol. The summed E-state index contributed by atoms with van der Waals surface area (Å²) in [5.74, 6) is -1.99. The molecule has 10 nitrogen and oxygen atoms in total. The Morgan fingerprint density at radius 1 is 1.09 bits per heavy atom. The lowest BCUT2D eigenvalue weighted by Crippen LogP contribution is -2.49. The van der Waals surface area contributed by atoms with Crippen molar-refractivity contribution in [2.24, 2.45) is 5.92 Å². The smallest absolute Gasteiger partial charge is 0.410 e. The average molecular weight is 450 g/mol. The van der Waals surface area contributed by atoms with Gasteiger partial charge in [-0.05, 0) is 32.8 Å². The first kappa shape index (κ1) is 25.0. The zero-order chi connectivity index (χ0) is 23.9. The maximum absolute atomic E-state index is 12.7. The third kappa shape index (κ3) is 6.86. The molecule has 176 valence electrons. The van der Waals surface area contributed by atoms with Crippen LogP contribution in [0.15, 0.2) is 30.3 Å². The highest BCUT2D eigenvalue weighted by Crippen LogP contribution is 2.28. The standard InChI is InChI=1S/C22H30N2O8/c1-22(2,3)32-20(27)23-17(19(26)30-5)15-11-16(18(25)29-4)24(12-15)21(28)31-13-14-9-7-6-8-10-14/h6-10,15-17H,11-13H2,1-5H3,(H,23,27)/t15-,16-,17+/m0/s1. The molecule has 1 heterocycles. The topological polar surface area (TPSA) is 120 Å². The summed E-state index contributed by atoms with van der Waals surface area (Å²) in [6.07, 6.45) is -1.47. The number of benzene rings is 1. The predicted octanol–water partition coefficient (Wildman–Crippen LogP) is 2.25. The molecule has 10 heteroatoms. The normalized spacial score (nSPS) is 19.0. The van der Waals surface area contributed by atoms with Crippen LogP contribution >= 0.6 is 0 Å². The first-order chi connectivity index (χ1) is 15.1. The first-order valence-electron chi connectivity index (χ1n) is 10.2. The number of rotatable bonds is 6. The van der Waals surface area contributed by atoms with E-state index in [1.165, 1.54) is 19.1 Å². The fraction of sp³-hybridized carbons (Fsp3) is 0.545. The van der Waals surface area contributed by atoms with Gasteiger partial charge in [-0.3, -0.25) is 4.90 Å². The Balaban J connectivity index is 2.15. The van der Waals surface area contributed by atoms with Gasteiger partial charge < -0.3 is 24.3 Å². The average Bonchev–Trinajstić information content (AvgIpc) is 3.19. The van der Waals surface area contributed by atoms with E-state index in [4.69, 9.17) is 18.9 Å². The molecule has 1 aliphatic rings. The van der Waals surface area contributed by atoms with E-state index in [-0.39, 0.29) is 19.6 Å². The van der Waals surface area contributed by atoms with E-state index in [0.717, 1.165) is 5.56 Å². The minimum absolute atomic E-state index is 0.0192. The molecule has 2 amide bonds. The number of nitrogens with one attached hydrogen (secondary N) is 1. The molecular formula is C22H30N2O8. The van der Waals surface area contributed by atoms with E-state index < -0.39 is 47.7 Å². The Hall–Kier alpha value is -3.30. The van der Waals surface area contributed by atoms with Gasteiger partial charge in [0.25, 0.3) is 0 Å². The van der Waals surface area contributed by atoms with Crippen LogP contribution in [0.4, 0.5) is 9.59 Å². The molecule has 1 fully saturated rings. The first-order valence-corrected chi connectivity index (χ1v) is 10.2. The Morgan fingerprint density at radius 2 is 1.75 bits per heavy atom. The maximum Gasteiger partial charge on any atom is 0.410 e. The van der Waals surface area contributed by atoms with Crippen molar-refractivity contribution in [2.45, 2.75) is 51.5 Å². The van der Waals surface area contributed by atoms with Gasteiger partial charge in [0.1, 0.15) is 24.3 Å². The van der Waals surface area contributed by atoms with Gasteiger partial charge in [0, 0.05) is 12.5 Å². The van der Waals surface area contributed by atoms with E-state index in [9.17, 15) is 19.2 Å². The molecule has 0 unspecified atom stereocenters. The van der Waals surface area contributed by atoms with Gasteiger partial charge in [-0.2, -0.15) is 0 Å². The van der Waals surface area contributed by atoms with Gasteiger partial charge in [-0.1, -0.05) is 30.3 Å². The Labute approximate surface area is 187 Å². The zero-order valence-electron chi connectivity index (χ0n) is 19.0. The molecule has 1 aromatic carbocycles. The highest BCUT2D eigenvalue weighted by atomic mass is 16.6. The highest BCUT2D eigenvalue weighted by Gasteiger charge is 2.46. The van der Waals surface area contributed by atoms with Crippen LogP contribution in [-0.2, 0) is 35.1 Å². The molecule has 0 saturated carbocycles. The van der Waals surface area contributed by atoms with Gasteiger partial charge in [0.05, 0.1) is 14.2 Å². The summed E-state index contributed by atoms with van der Waals surface area (Å²) in [6, 6.07) is 6.97. The number of esters is 2. The fourth-order valence-corrected chi connectivity index (χ4v) is 3.40. The van der Waals surface area contributed by atoms with Gasteiger partial charge in [0.15, 0.2) is 0 Å². The van der Waals surface area contributed by atoms with Crippen LogP contribution in [0.1, 0.15) is 32.8 Å². The van der Waals surface area contributed by atoms with Gasteiger partial charge in [-0.25, -0.2) is 19.2 Å². The van der Waals surface area contributed by atoms with E-state index in [2.05, 4.69) is 5.32 Å². The number of carbonyl (C=O) groups excluding carboxylic acids is 4. The predicted molar refractivity (Wildman–Crippen MR) is 112 cm³/mol. The Morgan fingerprint density at radius 3 is 2.31 bits per heavy atom. The SMILES string of the molecule is COC(=O)[C@H](NC(=O)OC(C)(C)C)[C@H]1C[C@@H](C(=O)OC)N(C(=O)OCc2ccccc2)C1. The minimum Gasteiger partial charge on any atom is -0.467 e. The molecule has 1 aromatic rings. The number of carbonyl (C=O) groups is 4. The summed E-state index contributed by atoms with van der Waals surface area (Å²) in [7, 11) is 2.39. The lowest BCUT2D eigenvalue weighted by molar-refractivity contribution is -0.146. The van der Waals surface area contributed by atoms with Crippen LogP contribution in [0.5, 0.6) is 0 Å². The number of amides is 2. The number of alkyl carbamates (subject to hydrolysis) is 1. The molecule has 0 aromatic heterocycles. The Bertz CT molecular complexity index is 821. The highest BCUT2D eigenvalue weighted by molar-refractivity contribution is 5.84. The van der Waals surface area contributed by atoms with Crippen LogP contribution in [0.3, 0.4) is 0 Å². The van der Waals surface area contributed by atoms with E-state index >= 15 is 0 Å². The second-order valence-corrected chi connectivity index (χ2v) is 8.37. The second-order valence-electron chi connectivity index (χ2n) is 8.37. The molecule has 0 radical (unpaired) electrons. The van der Waals surface area contributed by atoms with Gasteiger partial charge >= 0.3 is 24.1 Å². The van der Waals surface area contributed by atoms with Crippen LogP contribution in [0, 0.1) is 5.92 Å². The molecule has 0 spiro atoms. The van der Waals surface area contributed by atoms with Crippen molar-refractivity contribution in [1.29, 1.82) is 0 Å². The molecule has 32 heavy (non-hydrogen) atoms. The van der Waals surface area contributed by atoms with Crippen LogP contribution in [-0.4, -0.2) is 67.5 Å². The molecule has 3 atom stereocenters. The van der Waals surface area contributed by atoms with Gasteiger partial charge in [0.2, 0.25) is 0 Å². The van der Waals surface area contributed by atoms with Crippen molar-refractivity contribution in [1.82, 2.24) is 10.2 Å². The van der Waals surface area contributed by atoms with E-state index in [1.54, 1.807) is 32.9 Å². The van der Waals surface area contributed by atoms with Crippen molar-refractivity contribution in [2.75, 3.05) is 20.8 Å². The van der Waals surface area contributed by atoms with Crippen molar-refractivity contribution in [3.8, 4) is 0 Å². The van der Waals surface area contributed by atoms with Crippen LogP contribution < -0.4 is 5.32 Å². The lowest BCUT2D eigenvalue weighted by Gasteiger charge is -2.25. The number of methoxy groups -OCH3 is 2.